The number of piperidine rings is 1. The molecule has 2 heterocycles. The van der Waals surface area contributed by atoms with E-state index in [-0.39, 0.29) is 36.1 Å². The number of carbonyl (C=O) groups is 1. The fourth-order valence-corrected chi connectivity index (χ4v) is 3.58. The molecule has 29 heavy (non-hydrogen) atoms. The molecule has 0 aliphatic carbocycles. The first-order valence-corrected chi connectivity index (χ1v) is 10.7. The van der Waals surface area contributed by atoms with Crippen LogP contribution in [0.1, 0.15) is 46.2 Å². The van der Waals surface area contributed by atoms with Crippen molar-refractivity contribution in [3.63, 3.8) is 0 Å². The van der Waals surface area contributed by atoms with Gasteiger partial charge in [-0.05, 0) is 40.5 Å². The third-order valence-corrected chi connectivity index (χ3v) is 5.14. The summed E-state index contributed by atoms with van der Waals surface area (Å²) in [4.78, 5) is 25.4. The average molecular weight is 539 g/mol. The van der Waals surface area contributed by atoms with Crippen LogP contribution in [0.15, 0.2) is 10.4 Å². The van der Waals surface area contributed by atoms with E-state index >= 15 is 0 Å². The summed E-state index contributed by atoms with van der Waals surface area (Å²) in [5, 5.41) is 9.75. The Kier molecular flexibility index (Phi) is 10.4. The maximum absolute atomic E-state index is 12.4. The molecule has 0 bridgehead atoms. The van der Waals surface area contributed by atoms with Crippen LogP contribution in [0, 0.1) is 0 Å². The molecule has 10 heteroatoms. The molecule has 1 amide bonds. The summed E-state index contributed by atoms with van der Waals surface area (Å²) in [5.74, 6) is 0.748. The van der Waals surface area contributed by atoms with Gasteiger partial charge in [-0.3, -0.25) is 0 Å². The maximum atomic E-state index is 12.4. The van der Waals surface area contributed by atoms with Crippen LogP contribution < -0.4 is 15.5 Å². The van der Waals surface area contributed by atoms with Gasteiger partial charge in [-0.15, -0.1) is 35.3 Å². The molecule has 0 spiro atoms. The third kappa shape index (κ3) is 8.93. The van der Waals surface area contributed by atoms with E-state index in [4.69, 9.17) is 4.74 Å². The van der Waals surface area contributed by atoms with Gasteiger partial charge in [0.25, 0.3) is 0 Å². The summed E-state index contributed by atoms with van der Waals surface area (Å²) in [6.45, 7) is 10.3. The molecule has 1 saturated heterocycles. The SMILES string of the molecule is CCNC(=NCc1csc(N(C)C)n1)NC1CCCN(C(=O)OC(C)(C)C)C1.I. The molecule has 1 aliphatic rings. The second-order valence-corrected chi connectivity index (χ2v) is 8.96. The van der Waals surface area contributed by atoms with Crippen molar-refractivity contribution in [2.75, 3.05) is 38.6 Å². The van der Waals surface area contributed by atoms with Crippen molar-refractivity contribution in [3.8, 4) is 0 Å². The van der Waals surface area contributed by atoms with Crippen LogP contribution in [-0.4, -0.2) is 67.3 Å². The Morgan fingerprint density at radius 3 is 2.76 bits per heavy atom. The van der Waals surface area contributed by atoms with Crippen molar-refractivity contribution in [1.29, 1.82) is 0 Å². The number of thiazole rings is 1. The van der Waals surface area contributed by atoms with Crippen LogP contribution in [0.2, 0.25) is 0 Å². The molecule has 1 aromatic heterocycles. The predicted molar refractivity (Wildman–Crippen MR) is 131 cm³/mol. The molecule has 2 N–H and O–H groups in total. The number of aliphatic imine (C=N–C) groups is 1. The van der Waals surface area contributed by atoms with E-state index in [1.807, 2.05) is 52.1 Å². The number of ether oxygens (including phenoxy) is 1. The van der Waals surface area contributed by atoms with E-state index in [2.05, 4.69) is 20.6 Å². The van der Waals surface area contributed by atoms with E-state index in [1.54, 1.807) is 16.2 Å². The summed E-state index contributed by atoms with van der Waals surface area (Å²) < 4.78 is 5.51. The van der Waals surface area contributed by atoms with Crippen molar-refractivity contribution in [3.05, 3.63) is 11.1 Å². The van der Waals surface area contributed by atoms with Crippen molar-refractivity contribution in [2.45, 2.75) is 58.7 Å². The first-order valence-electron chi connectivity index (χ1n) is 9.82. The minimum atomic E-state index is -0.479. The largest absolute Gasteiger partial charge is 0.444 e. The van der Waals surface area contributed by atoms with Crippen molar-refractivity contribution in [2.24, 2.45) is 4.99 Å². The fraction of sp³-hybridized carbons (Fsp3) is 0.737. The van der Waals surface area contributed by atoms with Gasteiger partial charge in [0.15, 0.2) is 11.1 Å². The van der Waals surface area contributed by atoms with Crippen LogP contribution >= 0.6 is 35.3 Å². The number of carbonyl (C=O) groups excluding carboxylic acids is 1. The molecule has 0 aromatic carbocycles. The highest BCUT2D eigenvalue weighted by molar-refractivity contribution is 14.0. The highest BCUT2D eigenvalue weighted by Gasteiger charge is 2.28. The molecule has 1 aromatic rings. The first-order chi connectivity index (χ1) is 13.2. The average Bonchev–Trinajstić information content (AvgIpc) is 3.08. The summed E-state index contributed by atoms with van der Waals surface area (Å²) in [5.41, 5.74) is 0.470. The summed E-state index contributed by atoms with van der Waals surface area (Å²) in [6.07, 6.45) is 1.68. The molecular weight excluding hydrogens is 503 g/mol. The van der Waals surface area contributed by atoms with Gasteiger partial charge in [-0.25, -0.2) is 14.8 Å². The summed E-state index contributed by atoms with van der Waals surface area (Å²) in [7, 11) is 3.97. The van der Waals surface area contributed by atoms with Gasteiger partial charge in [-0.2, -0.15) is 0 Å². The van der Waals surface area contributed by atoms with E-state index < -0.39 is 5.60 Å². The smallest absolute Gasteiger partial charge is 0.410 e. The van der Waals surface area contributed by atoms with E-state index in [0.29, 0.717) is 13.1 Å². The molecule has 0 radical (unpaired) electrons. The Labute approximate surface area is 195 Å². The van der Waals surface area contributed by atoms with E-state index in [1.165, 1.54) is 0 Å². The maximum Gasteiger partial charge on any atom is 0.410 e. The number of guanidine groups is 1. The number of likely N-dealkylation sites (tertiary alicyclic amines) is 1. The van der Waals surface area contributed by atoms with Gasteiger partial charge < -0.3 is 25.2 Å². The quantitative estimate of drug-likeness (QED) is 0.340. The zero-order chi connectivity index (χ0) is 20.7. The van der Waals surface area contributed by atoms with Crippen LogP contribution in [0.4, 0.5) is 9.93 Å². The number of hydrogen-bond acceptors (Lipinski definition) is 6. The second-order valence-electron chi connectivity index (χ2n) is 8.12. The number of nitrogens with zero attached hydrogens (tertiary/aromatic N) is 4. The Bertz CT molecular complexity index is 674. The number of anilines is 1. The second kappa shape index (κ2) is 11.8. The molecular formula is C19H35IN6O2S. The Balaban J connectivity index is 0.00000420. The molecule has 1 fully saturated rings. The molecule has 1 atom stereocenters. The van der Waals surface area contributed by atoms with Crippen molar-refractivity contribution >= 4 is 52.5 Å². The Morgan fingerprint density at radius 2 is 2.17 bits per heavy atom. The minimum absolute atomic E-state index is 0. The third-order valence-electron chi connectivity index (χ3n) is 4.08. The molecule has 166 valence electrons. The Hall–Kier alpha value is -1.30. The molecule has 2 rings (SSSR count). The van der Waals surface area contributed by atoms with Crippen LogP contribution in [-0.2, 0) is 11.3 Å². The van der Waals surface area contributed by atoms with E-state index in [9.17, 15) is 4.79 Å². The van der Waals surface area contributed by atoms with Gasteiger partial charge in [0.2, 0.25) is 0 Å². The summed E-state index contributed by atoms with van der Waals surface area (Å²) in [6, 6.07) is 0.145. The Morgan fingerprint density at radius 1 is 1.45 bits per heavy atom. The van der Waals surface area contributed by atoms with Crippen molar-refractivity contribution < 1.29 is 9.53 Å². The number of hydrogen-bond donors (Lipinski definition) is 2. The standard InChI is InChI=1S/C19H34N6O2S.HI/c1-7-20-16(21-11-15-13-28-17(23-15)24(5)6)22-14-9-8-10-25(12-14)18(26)27-19(2,3)4;/h13-14H,7-12H2,1-6H3,(H2,20,21,22);1H. The monoisotopic (exact) mass is 538 g/mol. The molecule has 1 aliphatic heterocycles. The lowest BCUT2D eigenvalue weighted by atomic mass is 10.1. The lowest BCUT2D eigenvalue weighted by molar-refractivity contribution is 0.0193. The van der Waals surface area contributed by atoms with Gasteiger partial charge in [0.05, 0.1) is 12.2 Å². The lowest BCUT2D eigenvalue weighted by Gasteiger charge is -2.35. The van der Waals surface area contributed by atoms with Crippen LogP contribution in [0.25, 0.3) is 0 Å². The first kappa shape index (κ1) is 25.7. The number of nitrogens with one attached hydrogen (secondary N) is 2. The van der Waals surface area contributed by atoms with Gasteiger partial charge in [-0.1, -0.05) is 0 Å². The minimum Gasteiger partial charge on any atom is -0.444 e. The number of aromatic nitrogens is 1. The molecule has 1 unspecified atom stereocenters. The zero-order valence-corrected chi connectivity index (χ0v) is 21.5. The van der Waals surface area contributed by atoms with Gasteiger partial charge in [0, 0.05) is 45.2 Å². The lowest BCUT2D eigenvalue weighted by Crippen LogP contribution is -2.53. The zero-order valence-electron chi connectivity index (χ0n) is 18.3. The number of amides is 1. The number of rotatable bonds is 5. The number of halogens is 1. The van der Waals surface area contributed by atoms with Gasteiger partial charge >= 0.3 is 6.09 Å². The van der Waals surface area contributed by atoms with Crippen LogP contribution in [0.3, 0.4) is 0 Å². The van der Waals surface area contributed by atoms with Crippen molar-refractivity contribution in [1.82, 2.24) is 20.5 Å². The highest BCUT2D eigenvalue weighted by Crippen LogP contribution is 2.18. The molecule has 0 saturated carbocycles. The van der Waals surface area contributed by atoms with Crippen LogP contribution in [0.5, 0.6) is 0 Å². The normalized spacial score (nSPS) is 17.4. The molecule has 8 nitrogen and oxygen atoms in total. The van der Waals surface area contributed by atoms with E-state index in [0.717, 1.165) is 42.7 Å². The fourth-order valence-electron chi connectivity index (χ4n) is 2.84. The highest BCUT2D eigenvalue weighted by atomic mass is 127. The predicted octanol–water partition coefficient (Wildman–Crippen LogP) is 3.28. The summed E-state index contributed by atoms with van der Waals surface area (Å²) >= 11 is 1.61. The topological polar surface area (TPSA) is 82.1 Å². The van der Waals surface area contributed by atoms with Gasteiger partial charge in [0.1, 0.15) is 5.60 Å².